The Hall–Kier alpha value is -2.51. The van der Waals surface area contributed by atoms with Gasteiger partial charge in [0.1, 0.15) is 11.2 Å². The van der Waals surface area contributed by atoms with E-state index in [4.69, 9.17) is 14.2 Å². The van der Waals surface area contributed by atoms with Crippen molar-refractivity contribution in [2.24, 2.45) is 39.9 Å². The van der Waals surface area contributed by atoms with Gasteiger partial charge in [0.05, 0.1) is 21.3 Å². The summed E-state index contributed by atoms with van der Waals surface area (Å²) in [6, 6.07) is 0. The molecule has 0 radical (unpaired) electrons. The number of hydrogen-bond acceptors (Lipinski definition) is 8. The quantitative estimate of drug-likeness (QED) is 0.280. The molecule has 8 heteroatoms. The minimum atomic E-state index is -1.40. The Morgan fingerprint density at radius 3 is 2.16 bits per heavy atom. The predicted octanol–water partition coefficient (Wildman–Crippen LogP) is 2.04. The van der Waals surface area contributed by atoms with Gasteiger partial charge in [0.15, 0.2) is 11.2 Å². The van der Waals surface area contributed by atoms with E-state index in [0.29, 0.717) is 12.8 Å². The predicted molar refractivity (Wildman–Crippen MR) is 110 cm³/mol. The van der Waals surface area contributed by atoms with Crippen molar-refractivity contribution in [2.45, 2.75) is 45.4 Å². The van der Waals surface area contributed by atoms with Crippen molar-refractivity contribution < 1.29 is 38.2 Å². The standard InChI is InChI=1S/C24H30O8/c1-22-9-10-23(19(27)30-2,20(28)31-3)11-13(22)5-6-14-15-7-8-17(26)24(15,21(29)32-4)12-16(25)18(14)22/h5-6,13-15,18H,7-12H2,1-4H3/t13-,14-,15-,18+,22-,24+/m1/s1. The Kier molecular flexibility index (Phi) is 5.33. The summed E-state index contributed by atoms with van der Waals surface area (Å²) in [4.78, 5) is 64.4. The van der Waals surface area contributed by atoms with Crippen LogP contribution in [0.15, 0.2) is 12.2 Å². The third kappa shape index (κ3) is 2.70. The molecule has 0 spiro atoms. The van der Waals surface area contributed by atoms with E-state index < -0.39 is 34.2 Å². The van der Waals surface area contributed by atoms with Crippen molar-refractivity contribution in [3.63, 3.8) is 0 Å². The number of carbonyl (C=O) groups excluding carboxylic acids is 5. The van der Waals surface area contributed by atoms with Crippen LogP contribution in [0, 0.1) is 39.9 Å². The first-order valence-corrected chi connectivity index (χ1v) is 11.1. The second kappa shape index (κ2) is 7.52. The van der Waals surface area contributed by atoms with Crippen LogP contribution in [-0.4, -0.2) is 50.8 Å². The van der Waals surface area contributed by atoms with Gasteiger partial charge in [-0.15, -0.1) is 0 Å². The summed E-state index contributed by atoms with van der Waals surface area (Å²) < 4.78 is 14.9. The van der Waals surface area contributed by atoms with E-state index >= 15 is 0 Å². The van der Waals surface area contributed by atoms with E-state index in [9.17, 15) is 24.0 Å². The maximum absolute atomic E-state index is 13.6. The lowest BCUT2D eigenvalue weighted by Gasteiger charge is -2.57. The lowest BCUT2D eigenvalue weighted by Crippen LogP contribution is -2.60. The summed E-state index contributed by atoms with van der Waals surface area (Å²) in [5.74, 6) is -3.34. The van der Waals surface area contributed by atoms with E-state index in [1.165, 1.54) is 21.3 Å². The molecular formula is C24H30O8. The molecule has 4 rings (SSSR count). The van der Waals surface area contributed by atoms with E-state index in [0.717, 1.165) is 0 Å². The molecule has 0 aromatic rings. The molecule has 3 fully saturated rings. The molecule has 3 saturated carbocycles. The van der Waals surface area contributed by atoms with Crippen LogP contribution in [0.5, 0.6) is 0 Å². The SMILES string of the molecule is COC(=O)C1(C(=O)OC)CC[C@]2(C)[C@H](C=C[C@@H]3[C@H]4CCC(=O)[C@]4(C(=O)OC)CC(=O)[C@H]32)C1. The van der Waals surface area contributed by atoms with Crippen LogP contribution in [0.1, 0.15) is 45.4 Å². The molecule has 0 heterocycles. The summed E-state index contributed by atoms with van der Waals surface area (Å²) in [5.41, 5.74) is -3.30. The first-order chi connectivity index (χ1) is 15.1. The molecule has 0 aliphatic heterocycles. The van der Waals surface area contributed by atoms with Gasteiger partial charge >= 0.3 is 17.9 Å². The van der Waals surface area contributed by atoms with Crippen LogP contribution in [0.25, 0.3) is 0 Å². The van der Waals surface area contributed by atoms with Gasteiger partial charge in [-0.1, -0.05) is 19.1 Å². The molecule has 0 N–H and O–H groups in total. The molecule has 174 valence electrons. The number of rotatable bonds is 3. The summed E-state index contributed by atoms with van der Waals surface area (Å²) in [6.07, 6.45) is 5.42. The zero-order valence-electron chi connectivity index (χ0n) is 19.0. The van der Waals surface area contributed by atoms with Crippen molar-refractivity contribution in [1.29, 1.82) is 0 Å². The van der Waals surface area contributed by atoms with Gasteiger partial charge in [-0.05, 0) is 48.9 Å². The Morgan fingerprint density at radius 1 is 0.938 bits per heavy atom. The van der Waals surface area contributed by atoms with Crippen molar-refractivity contribution in [1.82, 2.24) is 0 Å². The molecule has 8 nitrogen and oxygen atoms in total. The average Bonchev–Trinajstić information content (AvgIpc) is 3.13. The number of carbonyl (C=O) groups is 5. The minimum absolute atomic E-state index is 0.118. The van der Waals surface area contributed by atoms with Crippen LogP contribution in [0.3, 0.4) is 0 Å². The molecule has 0 unspecified atom stereocenters. The highest BCUT2D eigenvalue weighted by atomic mass is 16.5. The van der Waals surface area contributed by atoms with Crippen molar-refractivity contribution in [3.05, 3.63) is 12.2 Å². The van der Waals surface area contributed by atoms with E-state index in [2.05, 4.69) is 0 Å². The minimum Gasteiger partial charge on any atom is -0.468 e. The molecular weight excluding hydrogens is 416 g/mol. The number of hydrogen-bond donors (Lipinski definition) is 0. The van der Waals surface area contributed by atoms with Crippen LogP contribution in [-0.2, 0) is 38.2 Å². The highest BCUT2D eigenvalue weighted by Gasteiger charge is 2.69. The van der Waals surface area contributed by atoms with Gasteiger partial charge in [0, 0.05) is 18.8 Å². The molecule has 0 aromatic carbocycles. The van der Waals surface area contributed by atoms with Gasteiger partial charge in [0.2, 0.25) is 0 Å². The molecule has 4 aliphatic carbocycles. The highest BCUT2D eigenvalue weighted by molar-refractivity contribution is 6.10. The summed E-state index contributed by atoms with van der Waals surface area (Å²) in [7, 11) is 3.76. The molecule has 6 atom stereocenters. The Bertz CT molecular complexity index is 903. The Labute approximate surface area is 187 Å². The van der Waals surface area contributed by atoms with Gasteiger partial charge in [-0.2, -0.15) is 0 Å². The fourth-order valence-electron chi connectivity index (χ4n) is 7.28. The van der Waals surface area contributed by atoms with Crippen molar-refractivity contribution in [2.75, 3.05) is 21.3 Å². The number of ether oxygens (including phenoxy) is 3. The summed E-state index contributed by atoms with van der Waals surface area (Å²) in [5, 5.41) is 0. The highest BCUT2D eigenvalue weighted by Crippen LogP contribution is 2.64. The van der Waals surface area contributed by atoms with Crippen LogP contribution < -0.4 is 0 Å². The largest absolute Gasteiger partial charge is 0.468 e. The van der Waals surface area contributed by atoms with E-state index in [1.807, 2.05) is 19.1 Å². The molecule has 0 bridgehead atoms. The molecule has 32 heavy (non-hydrogen) atoms. The third-order valence-electron chi connectivity index (χ3n) is 8.95. The summed E-state index contributed by atoms with van der Waals surface area (Å²) >= 11 is 0. The molecule has 0 amide bonds. The smallest absolute Gasteiger partial charge is 0.323 e. The molecule has 4 aliphatic rings. The Morgan fingerprint density at radius 2 is 1.56 bits per heavy atom. The number of allylic oxidation sites excluding steroid dienone is 2. The van der Waals surface area contributed by atoms with Crippen LogP contribution in [0.2, 0.25) is 0 Å². The number of ketones is 2. The zero-order valence-corrected chi connectivity index (χ0v) is 19.0. The fraction of sp³-hybridized carbons (Fsp3) is 0.708. The zero-order chi connectivity index (χ0) is 23.5. The normalized spacial score (nSPS) is 39.4. The van der Waals surface area contributed by atoms with E-state index in [1.54, 1.807) is 0 Å². The van der Waals surface area contributed by atoms with Gasteiger partial charge in [-0.3, -0.25) is 24.0 Å². The van der Waals surface area contributed by atoms with Crippen LogP contribution in [0.4, 0.5) is 0 Å². The lowest BCUT2D eigenvalue weighted by atomic mass is 9.44. The number of Topliss-reactive ketones (excluding diaryl/α,β-unsaturated/α-hetero) is 2. The molecule has 0 aromatic heterocycles. The second-order valence-corrected chi connectivity index (χ2v) is 10.00. The van der Waals surface area contributed by atoms with Crippen LogP contribution >= 0.6 is 0 Å². The van der Waals surface area contributed by atoms with Crippen molar-refractivity contribution >= 4 is 29.5 Å². The van der Waals surface area contributed by atoms with Gasteiger partial charge in [0.25, 0.3) is 0 Å². The third-order valence-corrected chi connectivity index (χ3v) is 8.95. The van der Waals surface area contributed by atoms with Crippen molar-refractivity contribution in [3.8, 4) is 0 Å². The molecule has 0 saturated heterocycles. The lowest BCUT2D eigenvalue weighted by molar-refractivity contribution is -0.182. The van der Waals surface area contributed by atoms with Gasteiger partial charge < -0.3 is 14.2 Å². The second-order valence-electron chi connectivity index (χ2n) is 10.00. The average molecular weight is 446 g/mol. The topological polar surface area (TPSA) is 113 Å². The maximum Gasteiger partial charge on any atom is 0.323 e. The van der Waals surface area contributed by atoms with Gasteiger partial charge in [-0.25, -0.2) is 0 Å². The van der Waals surface area contributed by atoms with E-state index in [-0.39, 0.29) is 60.9 Å². The Balaban J connectivity index is 1.75. The first kappa shape index (κ1) is 22.7. The fourth-order valence-corrected chi connectivity index (χ4v) is 7.28. The first-order valence-electron chi connectivity index (χ1n) is 11.1. The number of fused-ring (bicyclic) bond motifs is 5. The summed E-state index contributed by atoms with van der Waals surface area (Å²) in [6.45, 7) is 2.02. The maximum atomic E-state index is 13.6. The number of esters is 3. The number of methoxy groups -OCH3 is 3. The monoisotopic (exact) mass is 446 g/mol.